The Labute approximate surface area is 122 Å². The molecule has 3 rings (SSSR count). The highest BCUT2D eigenvalue weighted by Gasteiger charge is 2.36. The van der Waals surface area contributed by atoms with E-state index in [-0.39, 0.29) is 0 Å². The second kappa shape index (κ2) is 5.90. The number of hydrogen-bond acceptors (Lipinski definition) is 3. The van der Waals surface area contributed by atoms with Gasteiger partial charge in [-0.1, -0.05) is 6.92 Å². The van der Waals surface area contributed by atoms with Crippen LogP contribution in [0.15, 0.2) is 16.5 Å². The lowest BCUT2D eigenvalue weighted by Crippen LogP contribution is -2.39. The minimum Gasteiger partial charge on any atom is -0.464 e. The minimum atomic E-state index is 0.695. The van der Waals surface area contributed by atoms with Crippen molar-refractivity contribution in [3.63, 3.8) is 0 Å². The molecule has 3 nitrogen and oxygen atoms in total. The van der Waals surface area contributed by atoms with Gasteiger partial charge in [-0.25, -0.2) is 0 Å². The zero-order valence-electron chi connectivity index (χ0n) is 13.1. The van der Waals surface area contributed by atoms with Gasteiger partial charge >= 0.3 is 0 Å². The molecule has 3 heteroatoms. The zero-order valence-corrected chi connectivity index (χ0v) is 13.1. The molecule has 0 spiro atoms. The third-order valence-corrected chi connectivity index (χ3v) is 5.29. The lowest BCUT2D eigenvalue weighted by atomic mass is 9.90. The SMILES string of the molecule is CNC1CCC(N(C)Cc2ccc(C3CC3C)o2)CC1. The molecule has 0 bridgehead atoms. The van der Waals surface area contributed by atoms with Crippen LogP contribution in [-0.4, -0.2) is 31.1 Å². The monoisotopic (exact) mass is 276 g/mol. The van der Waals surface area contributed by atoms with Gasteiger partial charge in [0.25, 0.3) is 0 Å². The molecule has 1 heterocycles. The van der Waals surface area contributed by atoms with Gasteiger partial charge in [-0.2, -0.15) is 0 Å². The van der Waals surface area contributed by atoms with Crippen molar-refractivity contribution < 1.29 is 4.42 Å². The molecule has 1 aromatic rings. The van der Waals surface area contributed by atoms with Gasteiger partial charge in [0, 0.05) is 18.0 Å². The van der Waals surface area contributed by atoms with Crippen LogP contribution in [0.25, 0.3) is 0 Å². The molecule has 20 heavy (non-hydrogen) atoms. The number of nitrogens with one attached hydrogen (secondary N) is 1. The van der Waals surface area contributed by atoms with Crippen molar-refractivity contribution in [3.8, 4) is 0 Å². The van der Waals surface area contributed by atoms with E-state index in [2.05, 4.69) is 43.4 Å². The molecule has 1 N–H and O–H groups in total. The molecular formula is C17H28N2O. The van der Waals surface area contributed by atoms with E-state index in [1.165, 1.54) is 37.9 Å². The Morgan fingerprint density at radius 1 is 1.25 bits per heavy atom. The number of furan rings is 1. The third-order valence-electron chi connectivity index (χ3n) is 5.29. The fraction of sp³-hybridized carbons (Fsp3) is 0.765. The van der Waals surface area contributed by atoms with Gasteiger partial charge in [0.05, 0.1) is 6.54 Å². The van der Waals surface area contributed by atoms with E-state index < -0.39 is 0 Å². The molecule has 0 radical (unpaired) electrons. The van der Waals surface area contributed by atoms with Crippen LogP contribution in [0.2, 0.25) is 0 Å². The maximum atomic E-state index is 6.03. The number of nitrogens with zero attached hydrogens (tertiary/aromatic N) is 1. The molecule has 2 saturated carbocycles. The van der Waals surface area contributed by atoms with Crippen LogP contribution in [0.5, 0.6) is 0 Å². The maximum Gasteiger partial charge on any atom is 0.118 e. The molecule has 0 aromatic carbocycles. The molecule has 0 amide bonds. The first-order valence-corrected chi connectivity index (χ1v) is 8.13. The van der Waals surface area contributed by atoms with Crippen molar-refractivity contribution in [2.75, 3.05) is 14.1 Å². The first kappa shape index (κ1) is 14.2. The number of hydrogen-bond donors (Lipinski definition) is 1. The Bertz CT molecular complexity index is 434. The van der Waals surface area contributed by atoms with E-state index in [0.717, 1.165) is 24.3 Å². The van der Waals surface area contributed by atoms with Crippen molar-refractivity contribution in [3.05, 3.63) is 23.7 Å². The van der Waals surface area contributed by atoms with Crippen LogP contribution >= 0.6 is 0 Å². The molecule has 2 fully saturated rings. The Hall–Kier alpha value is -0.800. The summed E-state index contributed by atoms with van der Waals surface area (Å²) in [7, 11) is 4.32. The summed E-state index contributed by atoms with van der Waals surface area (Å²) in [6, 6.07) is 5.81. The van der Waals surface area contributed by atoms with Gasteiger partial charge in [-0.15, -0.1) is 0 Å². The maximum absolute atomic E-state index is 6.03. The Kier molecular flexibility index (Phi) is 4.18. The average molecular weight is 276 g/mol. The Morgan fingerprint density at radius 2 is 1.95 bits per heavy atom. The molecule has 2 atom stereocenters. The van der Waals surface area contributed by atoms with Gasteiger partial charge in [-0.3, -0.25) is 4.90 Å². The molecule has 2 unspecified atom stereocenters. The quantitative estimate of drug-likeness (QED) is 0.894. The van der Waals surface area contributed by atoms with E-state index in [9.17, 15) is 0 Å². The highest BCUT2D eigenvalue weighted by Crippen LogP contribution is 2.47. The third kappa shape index (κ3) is 3.09. The smallest absolute Gasteiger partial charge is 0.118 e. The van der Waals surface area contributed by atoms with E-state index in [1.54, 1.807) is 0 Å². The van der Waals surface area contributed by atoms with E-state index >= 15 is 0 Å². The first-order valence-electron chi connectivity index (χ1n) is 8.13. The van der Waals surface area contributed by atoms with Gasteiger partial charge in [0.15, 0.2) is 0 Å². The van der Waals surface area contributed by atoms with Gasteiger partial charge < -0.3 is 9.73 Å². The lowest BCUT2D eigenvalue weighted by Gasteiger charge is -2.34. The van der Waals surface area contributed by atoms with Gasteiger partial charge in [-0.05, 0) is 64.3 Å². The summed E-state index contributed by atoms with van der Waals surface area (Å²) >= 11 is 0. The molecule has 0 saturated heterocycles. The van der Waals surface area contributed by atoms with Crippen LogP contribution in [0.1, 0.15) is 56.5 Å². The summed E-state index contributed by atoms with van der Waals surface area (Å²) in [4.78, 5) is 2.48. The average Bonchev–Trinajstić information content (AvgIpc) is 3.01. The first-order chi connectivity index (χ1) is 9.67. The zero-order chi connectivity index (χ0) is 14.1. The molecule has 0 aliphatic heterocycles. The minimum absolute atomic E-state index is 0.695. The highest BCUT2D eigenvalue weighted by molar-refractivity contribution is 5.17. The normalized spacial score (nSPS) is 33.6. The van der Waals surface area contributed by atoms with Crippen molar-refractivity contribution in [2.45, 2.75) is 63.6 Å². The topological polar surface area (TPSA) is 28.4 Å². The van der Waals surface area contributed by atoms with Crippen LogP contribution in [0.4, 0.5) is 0 Å². The molecule has 1 aromatic heterocycles. The summed E-state index contributed by atoms with van der Waals surface area (Å²) in [5, 5.41) is 3.40. The van der Waals surface area contributed by atoms with Crippen LogP contribution < -0.4 is 5.32 Å². The van der Waals surface area contributed by atoms with Crippen LogP contribution in [-0.2, 0) is 6.54 Å². The van der Waals surface area contributed by atoms with E-state index in [1.807, 2.05) is 0 Å². The Morgan fingerprint density at radius 3 is 2.55 bits per heavy atom. The van der Waals surface area contributed by atoms with Gasteiger partial charge in [0.2, 0.25) is 0 Å². The van der Waals surface area contributed by atoms with Crippen molar-refractivity contribution >= 4 is 0 Å². The largest absolute Gasteiger partial charge is 0.464 e. The van der Waals surface area contributed by atoms with Crippen LogP contribution in [0.3, 0.4) is 0 Å². The Balaban J connectivity index is 1.51. The second-order valence-electron chi connectivity index (χ2n) is 6.83. The fourth-order valence-electron chi connectivity index (χ4n) is 3.58. The summed E-state index contributed by atoms with van der Waals surface area (Å²) in [5.41, 5.74) is 0. The van der Waals surface area contributed by atoms with Crippen molar-refractivity contribution in [1.82, 2.24) is 10.2 Å². The molecule has 2 aliphatic carbocycles. The van der Waals surface area contributed by atoms with Crippen molar-refractivity contribution in [2.24, 2.45) is 5.92 Å². The standard InChI is InChI=1S/C17H28N2O/c1-12-10-16(12)17-9-8-15(20-17)11-19(3)14-6-4-13(18-2)5-7-14/h8-9,12-14,16,18H,4-7,10-11H2,1-3H3. The molecular weight excluding hydrogens is 248 g/mol. The molecule has 2 aliphatic rings. The van der Waals surface area contributed by atoms with Crippen LogP contribution in [0, 0.1) is 5.92 Å². The van der Waals surface area contributed by atoms with Crippen molar-refractivity contribution in [1.29, 1.82) is 0 Å². The van der Waals surface area contributed by atoms with E-state index in [4.69, 9.17) is 4.42 Å². The second-order valence-corrected chi connectivity index (χ2v) is 6.83. The highest BCUT2D eigenvalue weighted by atomic mass is 16.3. The van der Waals surface area contributed by atoms with Gasteiger partial charge in [0.1, 0.15) is 11.5 Å². The summed E-state index contributed by atoms with van der Waals surface area (Å²) in [6.45, 7) is 3.26. The van der Waals surface area contributed by atoms with E-state index in [0.29, 0.717) is 12.0 Å². The predicted octanol–water partition coefficient (Wildman–Crippen LogP) is 3.37. The lowest BCUT2D eigenvalue weighted by molar-refractivity contribution is 0.159. The summed E-state index contributed by atoms with van der Waals surface area (Å²) in [5.74, 6) is 3.86. The summed E-state index contributed by atoms with van der Waals surface area (Å²) < 4.78 is 6.03. The summed E-state index contributed by atoms with van der Waals surface area (Å²) in [6.07, 6.45) is 6.50. The molecule has 112 valence electrons. The fourth-order valence-corrected chi connectivity index (χ4v) is 3.58. The predicted molar refractivity (Wildman–Crippen MR) is 81.8 cm³/mol. The number of rotatable bonds is 5.